The zero-order valence-corrected chi connectivity index (χ0v) is 27.4. The van der Waals surface area contributed by atoms with E-state index in [9.17, 15) is 16.8 Å². The van der Waals surface area contributed by atoms with Crippen LogP contribution in [0.4, 0.5) is 11.4 Å². The first-order valence-corrected chi connectivity index (χ1v) is 16.7. The van der Waals surface area contributed by atoms with Crippen molar-refractivity contribution in [2.24, 2.45) is 0 Å². The minimum Gasteiger partial charge on any atom is -0.205 e. The summed E-state index contributed by atoms with van der Waals surface area (Å²) in [6.45, 7) is 24.7. The standard InChI is InChI=1S/C30H48N2O4S2/c1-27(2,3)21-15-22(28(4,5)6)18-25(17-21)31(37(13,33)34)32(38(14,35)36)26-19-23(29(7,8)9)16-24(20-26)30(10,11)12/h15-20H,1-14H3. The van der Waals surface area contributed by atoms with Crippen LogP contribution in [0, 0.1) is 0 Å². The summed E-state index contributed by atoms with van der Waals surface area (Å²) in [6, 6.07) is 11.3. The highest BCUT2D eigenvalue weighted by Gasteiger charge is 2.36. The summed E-state index contributed by atoms with van der Waals surface area (Å²) in [5.41, 5.74) is 3.08. The smallest absolute Gasteiger partial charge is 0.205 e. The molecule has 0 spiro atoms. The molecule has 0 aliphatic carbocycles. The Balaban J connectivity index is 3.09. The lowest BCUT2D eigenvalue weighted by atomic mass is 9.80. The van der Waals surface area contributed by atoms with Gasteiger partial charge >= 0.3 is 0 Å². The molecule has 0 amide bonds. The fourth-order valence-corrected chi connectivity index (χ4v) is 6.47. The second-order valence-electron chi connectivity index (χ2n) is 14.5. The molecule has 0 heterocycles. The maximum absolute atomic E-state index is 13.5. The Kier molecular flexibility index (Phi) is 8.33. The van der Waals surface area contributed by atoms with E-state index >= 15 is 0 Å². The third kappa shape index (κ3) is 7.53. The number of nitrogens with zero attached hydrogens (tertiary/aromatic N) is 2. The number of hydrogen-bond donors (Lipinski definition) is 0. The van der Waals surface area contributed by atoms with E-state index in [4.69, 9.17) is 0 Å². The van der Waals surface area contributed by atoms with Crippen LogP contribution in [0.2, 0.25) is 0 Å². The van der Waals surface area contributed by atoms with E-state index in [2.05, 4.69) is 95.2 Å². The summed E-state index contributed by atoms with van der Waals surface area (Å²) in [5, 5.41) is 0. The Hall–Kier alpha value is -2.06. The molecule has 0 atom stereocenters. The molecule has 0 saturated heterocycles. The third-order valence-corrected chi connectivity index (χ3v) is 8.64. The van der Waals surface area contributed by atoms with Crippen LogP contribution in [0.3, 0.4) is 0 Å². The second-order valence-corrected chi connectivity index (χ2v) is 18.2. The normalized spacial score (nSPS) is 13.9. The van der Waals surface area contributed by atoms with Crippen LogP contribution in [-0.4, -0.2) is 29.3 Å². The molecule has 2 aromatic rings. The lowest BCUT2D eigenvalue weighted by Crippen LogP contribution is -2.50. The molecule has 0 unspecified atom stereocenters. The summed E-state index contributed by atoms with van der Waals surface area (Å²) in [4.78, 5) is 0. The molecule has 0 aliphatic heterocycles. The fraction of sp³-hybridized carbons (Fsp3) is 0.600. The largest absolute Gasteiger partial charge is 0.250 e. The molecule has 0 aliphatic rings. The summed E-state index contributed by atoms with van der Waals surface area (Å²) in [6.07, 6.45) is 2.09. The van der Waals surface area contributed by atoms with Crippen molar-refractivity contribution in [1.29, 1.82) is 0 Å². The van der Waals surface area contributed by atoms with Gasteiger partial charge in [-0.15, -0.1) is 0 Å². The number of benzene rings is 2. The third-order valence-electron chi connectivity index (χ3n) is 6.53. The second kappa shape index (κ2) is 9.84. The molecule has 6 nitrogen and oxygen atoms in total. The SMILES string of the molecule is CC(C)(C)c1cc(N(N(c2cc(C(C)(C)C)cc(C(C)(C)C)c2)S(C)(=O)=O)S(C)(=O)=O)cc(C(C)(C)C)c1. The first-order chi connectivity index (χ1) is 16.6. The zero-order valence-electron chi connectivity index (χ0n) is 25.8. The molecule has 0 fully saturated rings. The first kappa shape index (κ1) is 32.2. The van der Waals surface area contributed by atoms with Gasteiger partial charge in [-0.3, -0.25) is 0 Å². The molecule has 2 aromatic carbocycles. The number of hydrogen-bond acceptors (Lipinski definition) is 4. The van der Waals surface area contributed by atoms with Crippen LogP contribution in [0.1, 0.15) is 105 Å². The van der Waals surface area contributed by atoms with E-state index in [0.29, 0.717) is 0 Å². The zero-order chi connectivity index (χ0) is 29.9. The van der Waals surface area contributed by atoms with Crippen LogP contribution in [0.5, 0.6) is 0 Å². The van der Waals surface area contributed by atoms with Gasteiger partial charge in [-0.25, -0.2) is 16.8 Å². The molecule has 2 rings (SSSR count). The van der Waals surface area contributed by atoms with E-state index in [0.717, 1.165) is 43.6 Å². The first-order valence-electron chi connectivity index (χ1n) is 13.0. The van der Waals surface area contributed by atoms with E-state index in [1.807, 2.05) is 0 Å². The van der Waals surface area contributed by atoms with Crippen molar-refractivity contribution in [3.05, 3.63) is 58.7 Å². The summed E-state index contributed by atoms with van der Waals surface area (Å²) in [5.74, 6) is 0. The van der Waals surface area contributed by atoms with Crippen molar-refractivity contribution in [1.82, 2.24) is 0 Å². The van der Waals surface area contributed by atoms with Crippen LogP contribution >= 0.6 is 0 Å². The number of sulfonamides is 2. The van der Waals surface area contributed by atoms with Gasteiger partial charge in [0.2, 0.25) is 0 Å². The molecule has 8 heteroatoms. The van der Waals surface area contributed by atoms with Gasteiger partial charge in [0.05, 0.1) is 23.9 Å². The number of hydrazine groups is 1. The number of anilines is 2. The molecule has 38 heavy (non-hydrogen) atoms. The lowest BCUT2D eigenvalue weighted by molar-refractivity contribution is 0.565. The summed E-state index contributed by atoms with van der Waals surface area (Å²) >= 11 is 0. The molecule has 0 bridgehead atoms. The van der Waals surface area contributed by atoms with Crippen molar-refractivity contribution >= 4 is 31.4 Å². The Bertz CT molecular complexity index is 1220. The van der Waals surface area contributed by atoms with Gasteiger partial charge in [-0.05, 0) is 68.2 Å². The summed E-state index contributed by atoms with van der Waals surface area (Å²) in [7, 11) is -8.18. The van der Waals surface area contributed by atoms with E-state index in [-0.39, 0.29) is 33.0 Å². The van der Waals surface area contributed by atoms with Crippen molar-refractivity contribution in [2.75, 3.05) is 21.3 Å². The van der Waals surface area contributed by atoms with Crippen molar-refractivity contribution < 1.29 is 16.8 Å². The maximum Gasteiger partial charge on any atom is 0.250 e. The van der Waals surface area contributed by atoms with Gasteiger partial charge in [0.15, 0.2) is 0 Å². The van der Waals surface area contributed by atoms with Gasteiger partial charge in [0.1, 0.15) is 0 Å². The van der Waals surface area contributed by atoms with Crippen LogP contribution in [-0.2, 0) is 41.7 Å². The van der Waals surface area contributed by atoms with Gasteiger partial charge in [0, 0.05) is 0 Å². The number of rotatable bonds is 5. The highest BCUT2D eigenvalue weighted by atomic mass is 32.2. The van der Waals surface area contributed by atoms with Crippen molar-refractivity contribution in [2.45, 2.75) is 105 Å². The van der Waals surface area contributed by atoms with E-state index < -0.39 is 20.0 Å². The quantitative estimate of drug-likeness (QED) is 0.366. The minimum atomic E-state index is -4.09. The highest BCUT2D eigenvalue weighted by molar-refractivity contribution is 7.96. The van der Waals surface area contributed by atoms with Gasteiger partial charge in [0.25, 0.3) is 20.0 Å². The Labute approximate surface area is 232 Å². The lowest BCUT2D eigenvalue weighted by Gasteiger charge is -2.37. The maximum atomic E-state index is 13.5. The van der Waals surface area contributed by atoms with Crippen LogP contribution in [0.25, 0.3) is 0 Å². The van der Waals surface area contributed by atoms with Crippen LogP contribution < -0.4 is 8.83 Å². The average molecular weight is 565 g/mol. The molecular formula is C30H48N2O4S2. The average Bonchev–Trinajstić information content (AvgIpc) is 2.66. The minimum absolute atomic E-state index is 0.286. The Morgan fingerprint density at radius 2 is 0.605 bits per heavy atom. The predicted molar refractivity (Wildman–Crippen MR) is 162 cm³/mol. The van der Waals surface area contributed by atoms with Crippen LogP contribution in [0.15, 0.2) is 36.4 Å². The van der Waals surface area contributed by atoms with Crippen molar-refractivity contribution in [3.8, 4) is 0 Å². The molecular weight excluding hydrogens is 516 g/mol. The molecule has 0 N–H and O–H groups in total. The van der Waals surface area contributed by atoms with E-state index in [1.165, 1.54) is 0 Å². The Morgan fingerprint density at radius 3 is 0.737 bits per heavy atom. The monoisotopic (exact) mass is 564 g/mol. The van der Waals surface area contributed by atoms with E-state index in [1.54, 1.807) is 24.3 Å². The molecule has 0 saturated carbocycles. The van der Waals surface area contributed by atoms with Gasteiger partial charge < -0.3 is 0 Å². The molecule has 0 aromatic heterocycles. The molecule has 214 valence electrons. The highest BCUT2D eigenvalue weighted by Crippen LogP contribution is 2.39. The topological polar surface area (TPSA) is 74.8 Å². The Morgan fingerprint density at radius 1 is 0.421 bits per heavy atom. The molecule has 0 radical (unpaired) electrons. The van der Waals surface area contributed by atoms with Gasteiger partial charge in [-0.1, -0.05) is 95.2 Å². The predicted octanol–water partition coefficient (Wildman–Crippen LogP) is 7.02. The van der Waals surface area contributed by atoms with Gasteiger partial charge in [-0.2, -0.15) is 8.83 Å². The fourth-order valence-electron chi connectivity index (χ4n) is 4.04. The summed E-state index contributed by atoms with van der Waals surface area (Å²) < 4.78 is 55.9. The van der Waals surface area contributed by atoms with Crippen molar-refractivity contribution in [3.63, 3.8) is 0 Å².